The number of hydrogen-bond acceptors (Lipinski definition) is 4. The molecule has 0 spiro atoms. The molecule has 2 aromatic rings. The summed E-state index contributed by atoms with van der Waals surface area (Å²) in [5, 5.41) is 7.39. The fourth-order valence-electron chi connectivity index (χ4n) is 0.904. The van der Waals surface area contributed by atoms with E-state index in [0.29, 0.717) is 0 Å². The summed E-state index contributed by atoms with van der Waals surface area (Å²) in [5.41, 5.74) is 4.59. The maximum atomic E-state index is 3.97. The standard InChI is InChI=1S/2C6H8N2/c1-5-3-7-4-8-6(5)2;1-5-3-7-8-4-6(5)2/h2*3-4H,1-2H3. The molecule has 0 saturated carbocycles. The third-order valence-corrected chi connectivity index (χ3v) is 2.35. The first-order valence-electron chi connectivity index (χ1n) is 5.08. The van der Waals surface area contributed by atoms with Crippen LogP contribution in [0.2, 0.25) is 0 Å². The van der Waals surface area contributed by atoms with Gasteiger partial charge in [-0.1, -0.05) is 0 Å². The molecular formula is C12H16N4. The Morgan fingerprint density at radius 2 is 1.31 bits per heavy atom. The topological polar surface area (TPSA) is 51.6 Å². The third-order valence-electron chi connectivity index (χ3n) is 2.35. The molecule has 0 atom stereocenters. The Bertz CT molecular complexity index is 369. The fourth-order valence-corrected chi connectivity index (χ4v) is 0.904. The Labute approximate surface area is 95.8 Å². The van der Waals surface area contributed by atoms with Crippen LogP contribution in [-0.4, -0.2) is 20.2 Å². The van der Waals surface area contributed by atoms with Gasteiger partial charge in [0, 0.05) is 11.9 Å². The van der Waals surface area contributed by atoms with Crippen LogP contribution in [-0.2, 0) is 0 Å². The van der Waals surface area contributed by atoms with E-state index in [1.54, 1.807) is 18.7 Å². The lowest BCUT2D eigenvalue weighted by Crippen LogP contribution is -1.85. The molecule has 0 amide bonds. The van der Waals surface area contributed by atoms with Crippen LogP contribution in [0.1, 0.15) is 22.4 Å². The number of aromatic nitrogens is 4. The van der Waals surface area contributed by atoms with Crippen molar-refractivity contribution in [3.8, 4) is 0 Å². The average molecular weight is 216 g/mol. The van der Waals surface area contributed by atoms with E-state index in [1.807, 2.05) is 33.9 Å². The zero-order valence-corrected chi connectivity index (χ0v) is 10.1. The summed E-state index contributed by atoms with van der Waals surface area (Å²) in [4.78, 5) is 7.80. The second kappa shape index (κ2) is 5.90. The summed E-state index contributed by atoms with van der Waals surface area (Å²) in [5.74, 6) is 0. The maximum Gasteiger partial charge on any atom is 0.115 e. The van der Waals surface area contributed by atoms with Gasteiger partial charge in [-0.3, -0.25) is 0 Å². The molecule has 2 aromatic heterocycles. The van der Waals surface area contributed by atoms with Crippen molar-refractivity contribution in [3.05, 3.63) is 47.3 Å². The molecule has 0 bridgehead atoms. The molecule has 0 aromatic carbocycles. The lowest BCUT2D eigenvalue weighted by molar-refractivity contribution is 0.995. The van der Waals surface area contributed by atoms with Gasteiger partial charge in [-0.2, -0.15) is 10.2 Å². The Morgan fingerprint density at radius 1 is 0.750 bits per heavy atom. The van der Waals surface area contributed by atoms with Crippen LogP contribution in [0.25, 0.3) is 0 Å². The summed E-state index contributed by atoms with van der Waals surface area (Å²) < 4.78 is 0. The molecule has 2 heterocycles. The lowest BCUT2D eigenvalue weighted by atomic mass is 10.2. The number of nitrogens with zero attached hydrogens (tertiary/aromatic N) is 4. The minimum Gasteiger partial charge on any atom is -0.245 e. The van der Waals surface area contributed by atoms with Crippen molar-refractivity contribution in [3.63, 3.8) is 0 Å². The van der Waals surface area contributed by atoms with Crippen molar-refractivity contribution in [1.29, 1.82) is 0 Å². The normalized spacial score (nSPS) is 9.25. The Balaban J connectivity index is 0.000000160. The van der Waals surface area contributed by atoms with Crippen LogP contribution in [0.4, 0.5) is 0 Å². The minimum absolute atomic E-state index is 1.06. The average Bonchev–Trinajstić information content (AvgIpc) is 2.28. The first-order chi connectivity index (χ1) is 7.61. The molecule has 4 nitrogen and oxygen atoms in total. The van der Waals surface area contributed by atoms with Gasteiger partial charge in [0.15, 0.2) is 0 Å². The van der Waals surface area contributed by atoms with Gasteiger partial charge in [0.2, 0.25) is 0 Å². The predicted octanol–water partition coefficient (Wildman–Crippen LogP) is 2.19. The quantitative estimate of drug-likeness (QED) is 0.677. The molecule has 0 aliphatic heterocycles. The summed E-state index contributed by atoms with van der Waals surface area (Å²) in [6.45, 7) is 8.00. The molecule has 0 aliphatic rings. The molecule has 4 heteroatoms. The van der Waals surface area contributed by atoms with E-state index in [0.717, 1.165) is 11.3 Å². The van der Waals surface area contributed by atoms with E-state index in [4.69, 9.17) is 0 Å². The first-order valence-corrected chi connectivity index (χ1v) is 5.08. The Kier molecular flexibility index (Phi) is 4.51. The highest BCUT2D eigenvalue weighted by Gasteiger charge is 1.87. The summed E-state index contributed by atoms with van der Waals surface area (Å²) in [6, 6.07) is 0. The van der Waals surface area contributed by atoms with Crippen molar-refractivity contribution in [1.82, 2.24) is 20.2 Å². The highest BCUT2D eigenvalue weighted by molar-refractivity contribution is 5.15. The van der Waals surface area contributed by atoms with Gasteiger partial charge < -0.3 is 0 Å². The van der Waals surface area contributed by atoms with Gasteiger partial charge in [-0.15, -0.1) is 0 Å². The van der Waals surface area contributed by atoms with Crippen molar-refractivity contribution >= 4 is 0 Å². The zero-order valence-electron chi connectivity index (χ0n) is 10.1. The molecule has 84 valence electrons. The van der Waals surface area contributed by atoms with E-state index < -0.39 is 0 Å². The highest BCUT2D eigenvalue weighted by Crippen LogP contribution is 1.98. The largest absolute Gasteiger partial charge is 0.245 e. The van der Waals surface area contributed by atoms with Gasteiger partial charge >= 0.3 is 0 Å². The molecule has 0 fully saturated rings. The Hall–Kier alpha value is -1.84. The third kappa shape index (κ3) is 3.73. The van der Waals surface area contributed by atoms with Gasteiger partial charge in [-0.05, 0) is 44.4 Å². The van der Waals surface area contributed by atoms with Crippen molar-refractivity contribution < 1.29 is 0 Å². The smallest absolute Gasteiger partial charge is 0.115 e. The van der Waals surface area contributed by atoms with Gasteiger partial charge in [0.1, 0.15) is 6.33 Å². The van der Waals surface area contributed by atoms with Crippen LogP contribution < -0.4 is 0 Å². The maximum absolute atomic E-state index is 3.97. The fraction of sp³-hybridized carbons (Fsp3) is 0.333. The molecule has 16 heavy (non-hydrogen) atoms. The number of rotatable bonds is 0. The van der Waals surface area contributed by atoms with Crippen LogP contribution in [0, 0.1) is 27.7 Å². The van der Waals surface area contributed by atoms with Gasteiger partial charge in [0.05, 0.1) is 12.4 Å². The second-order valence-corrected chi connectivity index (χ2v) is 3.65. The number of aryl methyl sites for hydroxylation is 4. The molecule has 0 radical (unpaired) electrons. The van der Waals surface area contributed by atoms with E-state index in [1.165, 1.54) is 11.1 Å². The van der Waals surface area contributed by atoms with Crippen LogP contribution in [0.3, 0.4) is 0 Å². The SMILES string of the molecule is Cc1cncnc1C.Cc1cnncc1C. The summed E-state index contributed by atoms with van der Waals surface area (Å²) in [6.07, 6.45) is 6.88. The van der Waals surface area contributed by atoms with Gasteiger partial charge in [-0.25, -0.2) is 9.97 Å². The van der Waals surface area contributed by atoms with Crippen LogP contribution in [0.5, 0.6) is 0 Å². The van der Waals surface area contributed by atoms with Crippen molar-refractivity contribution in [2.24, 2.45) is 0 Å². The monoisotopic (exact) mass is 216 g/mol. The number of hydrogen-bond donors (Lipinski definition) is 0. The lowest BCUT2D eigenvalue weighted by Gasteiger charge is -1.91. The molecule has 0 saturated heterocycles. The molecule has 0 N–H and O–H groups in total. The molecule has 2 rings (SSSR count). The molecule has 0 unspecified atom stereocenters. The van der Waals surface area contributed by atoms with E-state index in [-0.39, 0.29) is 0 Å². The van der Waals surface area contributed by atoms with E-state index >= 15 is 0 Å². The predicted molar refractivity (Wildman–Crippen MR) is 63.0 cm³/mol. The highest BCUT2D eigenvalue weighted by atomic mass is 15.1. The Morgan fingerprint density at radius 3 is 1.62 bits per heavy atom. The first kappa shape index (κ1) is 12.2. The molecule has 0 aliphatic carbocycles. The van der Waals surface area contributed by atoms with Crippen LogP contribution >= 0.6 is 0 Å². The van der Waals surface area contributed by atoms with Crippen LogP contribution in [0.15, 0.2) is 24.9 Å². The summed E-state index contributed by atoms with van der Waals surface area (Å²) in [7, 11) is 0. The molecular weight excluding hydrogens is 200 g/mol. The minimum atomic E-state index is 1.06. The summed E-state index contributed by atoms with van der Waals surface area (Å²) >= 11 is 0. The van der Waals surface area contributed by atoms with E-state index in [2.05, 4.69) is 20.2 Å². The van der Waals surface area contributed by atoms with Gasteiger partial charge in [0.25, 0.3) is 0 Å². The van der Waals surface area contributed by atoms with E-state index in [9.17, 15) is 0 Å². The van der Waals surface area contributed by atoms with Crippen molar-refractivity contribution in [2.45, 2.75) is 27.7 Å². The zero-order chi connectivity index (χ0) is 12.0. The second-order valence-electron chi connectivity index (χ2n) is 3.65. The van der Waals surface area contributed by atoms with Crippen molar-refractivity contribution in [2.75, 3.05) is 0 Å².